The Morgan fingerprint density at radius 2 is 1.59 bits per heavy atom. The Morgan fingerprint density at radius 3 is 2.18 bits per heavy atom. The third kappa shape index (κ3) is 4.53. The fraction of sp³-hybridized carbons (Fsp3) is 0.263. The van der Waals surface area contributed by atoms with Gasteiger partial charge >= 0.3 is 0 Å². The van der Waals surface area contributed by atoms with Gasteiger partial charge in [0.25, 0.3) is 0 Å². The van der Waals surface area contributed by atoms with E-state index >= 15 is 0 Å². The van der Waals surface area contributed by atoms with Crippen molar-refractivity contribution in [3.8, 4) is 0 Å². The number of likely N-dealkylation sites (N-methyl/N-ethyl adjacent to an activating group) is 1. The van der Waals surface area contributed by atoms with Crippen LogP contribution in [0.15, 0.2) is 66.7 Å². The van der Waals surface area contributed by atoms with Crippen LogP contribution in [0.2, 0.25) is 0 Å². The van der Waals surface area contributed by atoms with E-state index in [-0.39, 0.29) is 12.6 Å². The lowest BCUT2D eigenvalue weighted by Gasteiger charge is -2.29. The summed E-state index contributed by atoms with van der Waals surface area (Å²) in [6, 6.07) is 19.2. The molecule has 2 aromatic rings. The van der Waals surface area contributed by atoms with Crippen LogP contribution < -0.4 is 0 Å². The molecule has 0 heterocycles. The second-order valence-electron chi connectivity index (χ2n) is 5.36. The van der Waals surface area contributed by atoms with Crippen LogP contribution in [-0.4, -0.2) is 41.4 Å². The summed E-state index contributed by atoms with van der Waals surface area (Å²) < 4.78 is 0. The van der Waals surface area contributed by atoms with Gasteiger partial charge < -0.3 is 10.2 Å². The first-order valence-corrected chi connectivity index (χ1v) is 7.48. The fourth-order valence-electron chi connectivity index (χ4n) is 2.41. The molecule has 116 valence electrons. The molecule has 0 saturated carbocycles. The molecule has 0 aromatic heterocycles. The number of benzene rings is 2. The summed E-state index contributed by atoms with van der Waals surface area (Å²) in [5, 5.41) is 20.1. The number of nitrogens with zero attached hydrogens (tertiary/aromatic N) is 1. The largest absolute Gasteiger partial charge is 0.395 e. The van der Waals surface area contributed by atoms with Crippen molar-refractivity contribution in [3.05, 3.63) is 77.9 Å². The number of hydrogen-bond donors (Lipinski definition) is 2. The van der Waals surface area contributed by atoms with Crippen LogP contribution >= 0.6 is 0 Å². The lowest BCUT2D eigenvalue weighted by molar-refractivity contribution is 0.0325. The van der Waals surface area contributed by atoms with Crippen molar-refractivity contribution in [1.82, 2.24) is 4.90 Å². The Bertz CT molecular complexity index is 569. The molecule has 0 aliphatic heterocycles. The molecule has 0 spiro atoms. The van der Waals surface area contributed by atoms with Crippen LogP contribution in [0.4, 0.5) is 0 Å². The van der Waals surface area contributed by atoms with E-state index in [1.165, 1.54) is 0 Å². The molecule has 3 nitrogen and oxygen atoms in total. The second-order valence-corrected chi connectivity index (χ2v) is 5.36. The lowest BCUT2D eigenvalue weighted by Crippen LogP contribution is -2.39. The van der Waals surface area contributed by atoms with Crippen molar-refractivity contribution in [2.45, 2.75) is 12.1 Å². The maximum atomic E-state index is 10.4. The average molecular weight is 297 g/mol. The predicted octanol–water partition coefficient (Wildman–Crippen LogP) is 2.73. The molecule has 0 fully saturated rings. The first-order valence-electron chi connectivity index (χ1n) is 7.48. The zero-order valence-electron chi connectivity index (χ0n) is 12.8. The van der Waals surface area contributed by atoms with Gasteiger partial charge in [-0.3, -0.25) is 4.90 Å². The van der Waals surface area contributed by atoms with Crippen molar-refractivity contribution >= 4 is 6.08 Å². The minimum absolute atomic E-state index is 0.0915. The zero-order chi connectivity index (χ0) is 15.8. The van der Waals surface area contributed by atoms with Gasteiger partial charge in [0.15, 0.2) is 0 Å². The van der Waals surface area contributed by atoms with E-state index in [4.69, 9.17) is 0 Å². The molecule has 0 unspecified atom stereocenters. The van der Waals surface area contributed by atoms with E-state index < -0.39 is 6.10 Å². The molecule has 2 N–H and O–H groups in total. The highest BCUT2D eigenvalue weighted by Gasteiger charge is 2.23. The monoisotopic (exact) mass is 297 g/mol. The predicted molar refractivity (Wildman–Crippen MR) is 90.4 cm³/mol. The van der Waals surface area contributed by atoms with E-state index in [1.807, 2.05) is 84.8 Å². The molecule has 3 heteroatoms. The van der Waals surface area contributed by atoms with Gasteiger partial charge in [-0.1, -0.05) is 72.8 Å². The third-order valence-electron chi connectivity index (χ3n) is 3.76. The zero-order valence-corrected chi connectivity index (χ0v) is 12.8. The fourth-order valence-corrected chi connectivity index (χ4v) is 2.41. The van der Waals surface area contributed by atoms with Crippen molar-refractivity contribution < 1.29 is 10.2 Å². The summed E-state index contributed by atoms with van der Waals surface area (Å²) in [5.41, 5.74) is 1.96. The molecule has 2 rings (SSSR count). The van der Waals surface area contributed by atoms with Crippen LogP contribution in [-0.2, 0) is 0 Å². The Kier molecular flexibility index (Phi) is 6.34. The molecule has 0 amide bonds. The standard InChI is InChI=1S/C19H23NO2/c1-20(14-8-11-16-9-4-2-5-10-16)18(15-21)19(22)17-12-6-3-7-13-17/h2-13,18-19,21-22H,14-15H2,1H3/b11-8+/t18-,19-/m0/s1. The van der Waals surface area contributed by atoms with E-state index in [9.17, 15) is 10.2 Å². The van der Waals surface area contributed by atoms with Gasteiger partial charge in [-0.2, -0.15) is 0 Å². The lowest BCUT2D eigenvalue weighted by atomic mass is 10.0. The van der Waals surface area contributed by atoms with Gasteiger partial charge in [-0.15, -0.1) is 0 Å². The van der Waals surface area contributed by atoms with Crippen LogP contribution in [0, 0.1) is 0 Å². The Hall–Kier alpha value is -1.94. The highest BCUT2D eigenvalue weighted by molar-refractivity contribution is 5.48. The summed E-state index contributed by atoms with van der Waals surface area (Å²) >= 11 is 0. The van der Waals surface area contributed by atoms with Crippen LogP contribution in [0.1, 0.15) is 17.2 Å². The van der Waals surface area contributed by atoms with Gasteiger partial charge in [0.2, 0.25) is 0 Å². The van der Waals surface area contributed by atoms with Crippen molar-refractivity contribution in [2.75, 3.05) is 20.2 Å². The van der Waals surface area contributed by atoms with Gasteiger partial charge in [-0.25, -0.2) is 0 Å². The van der Waals surface area contributed by atoms with Crippen molar-refractivity contribution in [1.29, 1.82) is 0 Å². The molecule has 0 aliphatic carbocycles. The van der Waals surface area contributed by atoms with E-state index in [2.05, 4.69) is 0 Å². The number of rotatable bonds is 7. The maximum Gasteiger partial charge on any atom is 0.0967 e. The molecule has 22 heavy (non-hydrogen) atoms. The molecule has 0 radical (unpaired) electrons. The van der Waals surface area contributed by atoms with Gasteiger partial charge in [-0.05, 0) is 18.2 Å². The molecule has 2 atom stereocenters. The molecule has 0 bridgehead atoms. The summed E-state index contributed by atoms with van der Waals surface area (Å²) in [6.45, 7) is 0.565. The SMILES string of the molecule is CN(C/C=C/c1ccccc1)[C@@H](CO)[C@@H](O)c1ccccc1. The normalized spacial score (nSPS) is 14.4. The smallest absolute Gasteiger partial charge is 0.0967 e. The summed E-state index contributed by atoms with van der Waals surface area (Å²) in [5.74, 6) is 0. The Labute approximate surface area is 132 Å². The number of hydrogen-bond acceptors (Lipinski definition) is 3. The summed E-state index contributed by atoms with van der Waals surface area (Å²) in [4.78, 5) is 1.96. The van der Waals surface area contributed by atoms with Crippen LogP contribution in [0.25, 0.3) is 6.08 Å². The summed E-state index contributed by atoms with van der Waals surface area (Å²) in [7, 11) is 1.91. The molecule has 0 aliphatic rings. The van der Waals surface area contributed by atoms with Gasteiger partial charge in [0, 0.05) is 6.54 Å². The topological polar surface area (TPSA) is 43.7 Å². The van der Waals surface area contributed by atoms with Crippen molar-refractivity contribution in [2.24, 2.45) is 0 Å². The molecule has 2 aromatic carbocycles. The molecular weight excluding hydrogens is 274 g/mol. The highest BCUT2D eigenvalue weighted by Crippen LogP contribution is 2.19. The Balaban J connectivity index is 1.97. The minimum Gasteiger partial charge on any atom is -0.395 e. The van der Waals surface area contributed by atoms with E-state index in [0.717, 1.165) is 11.1 Å². The minimum atomic E-state index is -0.707. The first-order chi connectivity index (χ1) is 10.7. The molecule has 0 saturated heterocycles. The van der Waals surface area contributed by atoms with Crippen LogP contribution in [0.3, 0.4) is 0 Å². The van der Waals surface area contributed by atoms with Gasteiger partial charge in [0.1, 0.15) is 0 Å². The second kappa shape index (κ2) is 8.49. The average Bonchev–Trinajstić information content (AvgIpc) is 2.57. The summed E-state index contributed by atoms with van der Waals surface area (Å²) in [6.07, 6.45) is 3.37. The maximum absolute atomic E-state index is 10.4. The van der Waals surface area contributed by atoms with Crippen molar-refractivity contribution in [3.63, 3.8) is 0 Å². The highest BCUT2D eigenvalue weighted by atomic mass is 16.3. The number of aliphatic hydroxyl groups is 2. The van der Waals surface area contributed by atoms with E-state index in [0.29, 0.717) is 6.54 Å². The first kappa shape index (κ1) is 16.4. The molecular formula is C19H23NO2. The van der Waals surface area contributed by atoms with Gasteiger partial charge in [0.05, 0.1) is 18.8 Å². The third-order valence-corrected chi connectivity index (χ3v) is 3.76. The quantitative estimate of drug-likeness (QED) is 0.826. The van der Waals surface area contributed by atoms with E-state index in [1.54, 1.807) is 0 Å². The Morgan fingerprint density at radius 1 is 1.00 bits per heavy atom. The van der Waals surface area contributed by atoms with Crippen LogP contribution in [0.5, 0.6) is 0 Å². The number of aliphatic hydroxyl groups excluding tert-OH is 2.